The maximum Gasteiger partial charge on any atom is 0.172 e. The molecule has 0 aromatic heterocycles. The van der Waals surface area contributed by atoms with Crippen molar-refractivity contribution in [3.8, 4) is 0 Å². The van der Waals surface area contributed by atoms with Gasteiger partial charge in [-0.25, -0.2) is 0 Å². The van der Waals surface area contributed by atoms with E-state index < -0.39 is 31.9 Å². The van der Waals surface area contributed by atoms with Crippen LogP contribution in [-0.2, 0) is 0 Å². The van der Waals surface area contributed by atoms with E-state index in [4.69, 9.17) is 4.41 Å². The highest BCUT2D eigenvalue weighted by Gasteiger charge is 2.40. The Morgan fingerprint density at radius 3 is 1.18 bits per heavy atom. The first-order valence-electron chi connectivity index (χ1n) is 6.47. The summed E-state index contributed by atoms with van der Waals surface area (Å²) < 4.78 is 8.24. The van der Waals surface area contributed by atoms with Crippen molar-refractivity contribution in [1.82, 2.24) is 4.00 Å². The summed E-state index contributed by atoms with van der Waals surface area (Å²) in [6.45, 7) is 26.8. The minimum Gasteiger partial charge on any atom is -0.326 e. The molecule has 0 saturated carbocycles. The molecule has 0 aromatic rings. The first kappa shape index (κ1) is 17.8. The molecule has 6 heteroatoms. The third-order valence-corrected chi connectivity index (χ3v) is 20.7. The molecule has 0 radical (unpaired) electrons. The SMILES string of the molecule is C[Si](C)(C)N=P(C)(C)N([Si](C)(C)C)[Si](C)(C)C. The Morgan fingerprint density at radius 1 is 0.706 bits per heavy atom. The minimum atomic E-state index is -1.34. The van der Waals surface area contributed by atoms with Gasteiger partial charge >= 0.3 is 0 Å². The standard InChI is InChI=1S/C11H33N2PSi3/c1-14(2,12-15(3,4)5)13(16(6,7)8)17(9,10)11/h1-11H3. The van der Waals surface area contributed by atoms with Crippen molar-refractivity contribution in [2.75, 3.05) is 13.3 Å². The van der Waals surface area contributed by atoms with Gasteiger partial charge in [0.25, 0.3) is 0 Å². The van der Waals surface area contributed by atoms with Gasteiger partial charge in [-0.2, -0.15) is 0 Å². The van der Waals surface area contributed by atoms with E-state index in [1.807, 2.05) is 0 Å². The molecule has 0 unspecified atom stereocenters. The molecular formula is C11H33N2PSi3. The summed E-state index contributed by atoms with van der Waals surface area (Å²) >= 11 is 0. The van der Waals surface area contributed by atoms with Crippen LogP contribution in [0.1, 0.15) is 0 Å². The highest BCUT2D eigenvalue weighted by atomic mass is 31.2. The summed E-state index contributed by atoms with van der Waals surface area (Å²) in [6, 6.07) is 0. The Labute approximate surface area is 113 Å². The van der Waals surface area contributed by atoms with Gasteiger partial charge in [-0.05, 0) is 13.3 Å². The molecular weight excluding hydrogens is 275 g/mol. The number of hydrogen-bond acceptors (Lipinski definition) is 1. The molecule has 0 atom stereocenters. The summed E-state index contributed by atoms with van der Waals surface area (Å²) in [5, 5.41) is 0. The second kappa shape index (κ2) is 5.08. The van der Waals surface area contributed by atoms with E-state index in [2.05, 4.69) is 76.3 Å². The van der Waals surface area contributed by atoms with Crippen molar-refractivity contribution in [1.29, 1.82) is 0 Å². The number of nitrogens with zero attached hydrogens (tertiary/aromatic N) is 2. The first-order chi connectivity index (χ1) is 7.07. The quantitative estimate of drug-likeness (QED) is 0.517. The molecule has 0 aliphatic heterocycles. The molecule has 0 amide bonds. The van der Waals surface area contributed by atoms with Gasteiger partial charge in [0.1, 0.15) is 16.5 Å². The van der Waals surface area contributed by atoms with Gasteiger partial charge < -0.3 is 8.41 Å². The van der Waals surface area contributed by atoms with Crippen molar-refractivity contribution in [2.24, 2.45) is 4.41 Å². The molecule has 0 N–H and O–H groups in total. The topological polar surface area (TPSA) is 15.6 Å². The lowest BCUT2D eigenvalue weighted by Crippen LogP contribution is -2.56. The molecule has 104 valence electrons. The van der Waals surface area contributed by atoms with Crippen LogP contribution in [0.5, 0.6) is 0 Å². The van der Waals surface area contributed by atoms with E-state index in [-0.39, 0.29) is 0 Å². The predicted octanol–water partition coefficient (Wildman–Crippen LogP) is 5.17. The van der Waals surface area contributed by atoms with Crippen LogP contribution in [-0.4, -0.2) is 42.0 Å². The van der Waals surface area contributed by atoms with E-state index in [9.17, 15) is 0 Å². The molecule has 0 rings (SSSR count). The average molecular weight is 309 g/mol. The molecule has 0 fully saturated rings. The van der Waals surface area contributed by atoms with Crippen LogP contribution >= 0.6 is 7.21 Å². The van der Waals surface area contributed by atoms with Crippen LogP contribution in [0.15, 0.2) is 4.41 Å². The Morgan fingerprint density at radius 2 is 1.00 bits per heavy atom. The van der Waals surface area contributed by atoms with Crippen LogP contribution in [0.25, 0.3) is 0 Å². The van der Waals surface area contributed by atoms with Crippen LogP contribution in [0.3, 0.4) is 0 Å². The Balaban J connectivity index is 5.74. The van der Waals surface area contributed by atoms with E-state index in [0.717, 1.165) is 0 Å². The Kier molecular flexibility index (Phi) is 5.33. The molecule has 0 aliphatic rings. The fraction of sp³-hybridized carbons (Fsp3) is 1.00. The fourth-order valence-corrected chi connectivity index (χ4v) is 30.1. The molecule has 0 aliphatic carbocycles. The third-order valence-electron chi connectivity index (χ3n) is 2.30. The van der Waals surface area contributed by atoms with Crippen LogP contribution in [0.2, 0.25) is 58.9 Å². The first-order valence-corrected chi connectivity index (χ1v) is 19.4. The smallest absolute Gasteiger partial charge is 0.172 e. The fourth-order valence-electron chi connectivity index (χ4n) is 3.25. The van der Waals surface area contributed by atoms with Gasteiger partial charge in [-0.1, -0.05) is 58.9 Å². The van der Waals surface area contributed by atoms with Crippen molar-refractivity contribution in [2.45, 2.75) is 58.9 Å². The van der Waals surface area contributed by atoms with Crippen molar-refractivity contribution in [3.63, 3.8) is 0 Å². The average Bonchev–Trinajstić information content (AvgIpc) is 1.66. The van der Waals surface area contributed by atoms with E-state index in [0.29, 0.717) is 0 Å². The lowest BCUT2D eigenvalue weighted by atomic mass is 11.8. The molecule has 2 nitrogen and oxygen atoms in total. The largest absolute Gasteiger partial charge is 0.326 e. The zero-order valence-electron chi connectivity index (χ0n) is 13.8. The normalized spacial score (nSPS) is 15.3. The second-order valence-corrected chi connectivity index (χ2v) is 27.3. The molecule has 0 bridgehead atoms. The lowest BCUT2D eigenvalue weighted by molar-refractivity contribution is 0.962. The minimum absolute atomic E-state index is 1.27. The van der Waals surface area contributed by atoms with Crippen LogP contribution in [0.4, 0.5) is 0 Å². The van der Waals surface area contributed by atoms with Gasteiger partial charge in [-0.15, -0.1) is 0 Å². The molecule has 17 heavy (non-hydrogen) atoms. The summed E-state index contributed by atoms with van der Waals surface area (Å²) in [5.74, 6) is 0. The highest BCUT2D eigenvalue weighted by Crippen LogP contribution is 2.53. The summed E-state index contributed by atoms with van der Waals surface area (Å²) in [4.78, 5) is 0. The van der Waals surface area contributed by atoms with Crippen LogP contribution < -0.4 is 0 Å². The lowest BCUT2D eigenvalue weighted by Gasteiger charge is -2.49. The van der Waals surface area contributed by atoms with E-state index in [1.165, 1.54) is 0 Å². The van der Waals surface area contributed by atoms with E-state index in [1.54, 1.807) is 0 Å². The Bertz CT molecular complexity index is 301. The molecule has 0 aromatic carbocycles. The number of rotatable bonds is 4. The van der Waals surface area contributed by atoms with Crippen molar-refractivity contribution >= 4 is 31.9 Å². The van der Waals surface area contributed by atoms with Gasteiger partial charge in [0.15, 0.2) is 8.24 Å². The maximum absolute atomic E-state index is 5.32. The van der Waals surface area contributed by atoms with Crippen molar-refractivity contribution in [3.05, 3.63) is 0 Å². The predicted molar refractivity (Wildman–Crippen MR) is 93.1 cm³/mol. The highest BCUT2D eigenvalue weighted by molar-refractivity contribution is 7.67. The number of hydrogen-bond donors (Lipinski definition) is 0. The summed E-state index contributed by atoms with van der Waals surface area (Å²) in [6.07, 6.45) is 0. The molecule has 0 heterocycles. The van der Waals surface area contributed by atoms with Crippen LogP contribution in [0, 0.1) is 0 Å². The van der Waals surface area contributed by atoms with E-state index >= 15 is 0 Å². The van der Waals surface area contributed by atoms with Gasteiger partial charge in [0.2, 0.25) is 0 Å². The zero-order chi connectivity index (χ0) is 14.3. The monoisotopic (exact) mass is 308 g/mol. The Hall–Kier alpha value is 0.841. The van der Waals surface area contributed by atoms with Gasteiger partial charge in [0.05, 0.1) is 0 Å². The summed E-state index contributed by atoms with van der Waals surface area (Å²) in [7, 11) is -5.18. The van der Waals surface area contributed by atoms with Gasteiger partial charge in [0, 0.05) is 7.21 Å². The molecule has 0 saturated heterocycles. The summed E-state index contributed by atoms with van der Waals surface area (Å²) in [5.41, 5.74) is 0. The molecule has 0 spiro atoms. The zero-order valence-corrected chi connectivity index (χ0v) is 17.7. The third kappa shape index (κ3) is 6.01. The second-order valence-electron chi connectivity index (χ2n) is 8.26. The van der Waals surface area contributed by atoms with Crippen molar-refractivity contribution < 1.29 is 0 Å². The van der Waals surface area contributed by atoms with Gasteiger partial charge in [-0.3, -0.25) is 0 Å². The maximum atomic E-state index is 5.32.